The fourth-order valence-electron chi connectivity index (χ4n) is 1.71. The maximum atomic E-state index is 11.8. The summed E-state index contributed by atoms with van der Waals surface area (Å²) in [6, 6.07) is 5.45. The van der Waals surface area contributed by atoms with Gasteiger partial charge < -0.3 is 19.9 Å². The van der Waals surface area contributed by atoms with E-state index < -0.39 is 5.60 Å². The molecule has 0 heterocycles. The first kappa shape index (κ1) is 17.3. The maximum absolute atomic E-state index is 11.8. The Morgan fingerprint density at radius 3 is 2.57 bits per heavy atom. The topological polar surface area (TPSA) is 70.8 Å². The van der Waals surface area contributed by atoms with E-state index in [0.717, 1.165) is 11.3 Å². The third-order valence-electron chi connectivity index (χ3n) is 2.95. The van der Waals surface area contributed by atoms with Gasteiger partial charge in [-0.25, -0.2) is 4.79 Å². The second-order valence-electron chi connectivity index (χ2n) is 5.42. The predicted octanol–water partition coefficient (Wildman–Crippen LogP) is 2.44. The molecule has 5 heteroatoms. The van der Waals surface area contributed by atoms with Gasteiger partial charge in [-0.05, 0) is 58.4 Å². The van der Waals surface area contributed by atoms with E-state index in [0.29, 0.717) is 18.9 Å². The van der Waals surface area contributed by atoms with Gasteiger partial charge in [0.25, 0.3) is 0 Å². The summed E-state index contributed by atoms with van der Waals surface area (Å²) >= 11 is 0. The van der Waals surface area contributed by atoms with Gasteiger partial charge in [0.2, 0.25) is 0 Å². The number of rotatable bonds is 7. The zero-order chi connectivity index (χ0) is 16.0. The fourth-order valence-corrected chi connectivity index (χ4v) is 1.71. The molecule has 1 aromatic carbocycles. The molecule has 0 aromatic heterocycles. The van der Waals surface area contributed by atoms with Crippen molar-refractivity contribution in [2.75, 3.05) is 13.2 Å². The molecule has 0 bridgehead atoms. The van der Waals surface area contributed by atoms with Crippen LogP contribution in [0.15, 0.2) is 18.2 Å². The Kier molecular flexibility index (Phi) is 6.03. The molecule has 0 fully saturated rings. The van der Waals surface area contributed by atoms with E-state index in [9.17, 15) is 4.79 Å². The first-order valence-electron chi connectivity index (χ1n) is 7.13. The van der Waals surface area contributed by atoms with Crippen molar-refractivity contribution in [3.8, 4) is 11.5 Å². The molecule has 0 aliphatic heterocycles. The van der Waals surface area contributed by atoms with Crippen LogP contribution in [0.3, 0.4) is 0 Å². The summed E-state index contributed by atoms with van der Waals surface area (Å²) < 4.78 is 16.4. The Hall–Kier alpha value is -1.75. The number of esters is 1. The lowest BCUT2D eigenvalue weighted by Gasteiger charge is -2.25. The monoisotopic (exact) mass is 295 g/mol. The molecule has 21 heavy (non-hydrogen) atoms. The van der Waals surface area contributed by atoms with E-state index in [1.807, 2.05) is 19.9 Å². The van der Waals surface area contributed by atoms with Crippen molar-refractivity contribution in [2.45, 2.75) is 46.3 Å². The molecule has 1 aromatic rings. The summed E-state index contributed by atoms with van der Waals surface area (Å²) in [6.07, 6.45) is -0.0489. The molecule has 1 atom stereocenters. The summed E-state index contributed by atoms with van der Waals surface area (Å²) in [6.45, 7) is 9.72. The van der Waals surface area contributed by atoms with E-state index >= 15 is 0 Å². The van der Waals surface area contributed by atoms with E-state index in [2.05, 4.69) is 0 Å². The lowest BCUT2D eigenvalue weighted by atomic mass is 10.1. The van der Waals surface area contributed by atoms with Crippen LogP contribution < -0.4 is 15.2 Å². The number of carbonyl (C=O) groups is 1. The lowest BCUT2D eigenvalue weighted by molar-refractivity contribution is -0.158. The third-order valence-corrected chi connectivity index (χ3v) is 2.95. The van der Waals surface area contributed by atoms with Crippen LogP contribution in [0.2, 0.25) is 0 Å². The lowest BCUT2D eigenvalue weighted by Crippen LogP contribution is -2.39. The molecule has 0 saturated carbocycles. The van der Waals surface area contributed by atoms with Gasteiger partial charge >= 0.3 is 5.97 Å². The molecule has 0 radical (unpaired) electrons. The number of nitrogens with two attached hydrogens (primary N) is 1. The standard InChI is InChI=1S/C16H25NO4/c1-6-19-15(18)16(4,5)21-14-8-7-13(9-11(14)2)20-12(3)10-17/h7-9,12H,6,10,17H2,1-5H3. The molecule has 0 amide bonds. The van der Waals surface area contributed by atoms with Gasteiger partial charge in [-0.3, -0.25) is 0 Å². The Labute approximate surface area is 126 Å². The fraction of sp³-hybridized carbons (Fsp3) is 0.562. The number of aryl methyl sites for hydroxylation is 1. The molecule has 1 rings (SSSR count). The quantitative estimate of drug-likeness (QED) is 0.782. The van der Waals surface area contributed by atoms with E-state index in [1.165, 1.54) is 0 Å². The van der Waals surface area contributed by atoms with Crippen molar-refractivity contribution in [3.63, 3.8) is 0 Å². The van der Waals surface area contributed by atoms with E-state index in [1.54, 1.807) is 32.9 Å². The minimum absolute atomic E-state index is 0.0489. The molecule has 5 nitrogen and oxygen atoms in total. The third kappa shape index (κ3) is 4.93. The number of hydrogen-bond acceptors (Lipinski definition) is 5. The summed E-state index contributed by atoms with van der Waals surface area (Å²) in [7, 11) is 0. The van der Waals surface area contributed by atoms with Crippen LogP contribution >= 0.6 is 0 Å². The average molecular weight is 295 g/mol. The largest absolute Gasteiger partial charge is 0.489 e. The molecule has 2 N–H and O–H groups in total. The first-order chi connectivity index (χ1) is 9.80. The van der Waals surface area contributed by atoms with Crippen LogP contribution in [-0.2, 0) is 9.53 Å². The van der Waals surface area contributed by atoms with Crippen LogP contribution in [0.4, 0.5) is 0 Å². The number of ether oxygens (including phenoxy) is 3. The SMILES string of the molecule is CCOC(=O)C(C)(C)Oc1ccc(OC(C)CN)cc1C. The highest BCUT2D eigenvalue weighted by molar-refractivity contribution is 5.79. The van der Waals surface area contributed by atoms with Crippen molar-refractivity contribution in [2.24, 2.45) is 5.73 Å². The summed E-state index contributed by atoms with van der Waals surface area (Å²) in [5.74, 6) is 0.967. The van der Waals surface area contributed by atoms with Crippen molar-refractivity contribution in [3.05, 3.63) is 23.8 Å². The Balaban J connectivity index is 2.83. The summed E-state index contributed by atoms with van der Waals surface area (Å²) in [5.41, 5.74) is 5.38. The van der Waals surface area contributed by atoms with Gasteiger partial charge in [0, 0.05) is 6.54 Å². The van der Waals surface area contributed by atoms with Crippen LogP contribution in [0.25, 0.3) is 0 Å². The molecule has 0 saturated heterocycles. The summed E-state index contributed by atoms with van der Waals surface area (Å²) in [5, 5.41) is 0. The number of benzene rings is 1. The van der Waals surface area contributed by atoms with Gasteiger partial charge in [0.15, 0.2) is 5.60 Å². The van der Waals surface area contributed by atoms with Crippen LogP contribution in [0, 0.1) is 6.92 Å². The average Bonchev–Trinajstić information content (AvgIpc) is 2.42. The maximum Gasteiger partial charge on any atom is 0.349 e. The van der Waals surface area contributed by atoms with Crippen LogP contribution in [-0.4, -0.2) is 30.8 Å². The highest BCUT2D eigenvalue weighted by atomic mass is 16.6. The second kappa shape index (κ2) is 7.31. The smallest absolute Gasteiger partial charge is 0.349 e. The molecule has 1 unspecified atom stereocenters. The predicted molar refractivity (Wildman–Crippen MR) is 81.7 cm³/mol. The van der Waals surface area contributed by atoms with Crippen LogP contribution in [0.1, 0.15) is 33.3 Å². The van der Waals surface area contributed by atoms with Crippen molar-refractivity contribution < 1.29 is 19.0 Å². The molecule has 0 spiro atoms. The van der Waals surface area contributed by atoms with Crippen molar-refractivity contribution in [1.29, 1.82) is 0 Å². The zero-order valence-electron chi connectivity index (χ0n) is 13.4. The zero-order valence-corrected chi connectivity index (χ0v) is 13.4. The molecule has 0 aliphatic rings. The highest BCUT2D eigenvalue weighted by Gasteiger charge is 2.32. The van der Waals surface area contributed by atoms with Crippen molar-refractivity contribution in [1.82, 2.24) is 0 Å². The number of carbonyl (C=O) groups excluding carboxylic acids is 1. The van der Waals surface area contributed by atoms with Crippen LogP contribution in [0.5, 0.6) is 11.5 Å². The number of hydrogen-bond donors (Lipinski definition) is 1. The van der Waals surface area contributed by atoms with E-state index in [-0.39, 0.29) is 12.1 Å². The summed E-state index contributed by atoms with van der Waals surface area (Å²) in [4.78, 5) is 11.8. The van der Waals surface area contributed by atoms with Gasteiger partial charge in [-0.1, -0.05) is 0 Å². The first-order valence-corrected chi connectivity index (χ1v) is 7.13. The highest BCUT2D eigenvalue weighted by Crippen LogP contribution is 2.27. The minimum Gasteiger partial charge on any atom is -0.489 e. The van der Waals surface area contributed by atoms with E-state index in [4.69, 9.17) is 19.9 Å². The Morgan fingerprint density at radius 2 is 2.05 bits per heavy atom. The Morgan fingerprint density at radius 1 is 1.38 bits per heavy atom. The van der Waals surface area contributed by atoms with Crippen molar-refractivity contribution >= 4 is 5.97 Å². The van der Waals surface area contributed by atoms with Gasteiger partial charge in [-0.2, -0.15) is 0 Å². The minimum atomic E-state index is -1.03. The normalized spacial score (nSPS) is 12.7. The molecule has 0 aliphatic carbocycles. The molecular weight excluding hydrogens is 270 g/mol. The molecular formula is C16H25NO4. The van der Waals surface area contributed by atoms with Gasteiger partial charge in [-0.15, -0.1) is 0 Å². The van der Waals surface area contributed by atoms with Gasteiger partial charge in [0.05, 0.1) is 6.61 Å². The van der Waals surface area contributed by atoms with Gasteiger partial charge in [0.1, 0.15) is 17.6 Å². The second-order valence-corrected chi connectivity index (χ2v) is 5.42. The Bertz CT molecular complexity index is 485. The molecule has 118 valence electrons.